The van der Waals surface area contributed by atoms with Crippen LogP contribution in [0.3, 0.4) is 0 Å². The number of aliphatic hydroxyl groups excluding tert-OH is 1. The third-order valence-corrected chi connectivity index (χ3v) is 3.57. The standard InChI is InChI=1S/C16H14ClN3O2/c1-22-14-7-13-12(6-10(14)8-21)15(20-16(17)19-13)9-3-2-4-11(18)5-9/h2-7,21H,8,18H2,1H3. The van der Waals surface area contributed by atoms with Crippen LogP contribution in [0.4, 0.5) is 5.69 Å². The van der Waals surface area contributed by atoms with Crippen LogP contribution in [0.25, 0.3) is 22.2 Å². The Kier molecular flexibility index (Phi) is 3.83. The van der Waals surface area contributed by atoms with Crippen molar-refractivity contribution in [3.05, 3.63) is 47.2 Å². The first kappa shape index (κ1) is 14.6. The van der Waals surface area contributed by atoms with Crippen molar-refractivity contribution in [3.8, 4) is 17.0 Å². The molecule has 1 heterocycles. The Bertz CT molecular complexity index is 852. The lowest BCUT2D eigenvalue weighted by Gasteiger charge is -2.11. The number of fused-ring (bicyclic) bond motifs is 1. The third kappa shape index (κ3) is 2.56. The molecule has 3 N–H and O–H groups in total. The van der Waals surface area contributed by atoms with Crippen LogP contribution in [0.15, 0.2) is 36.4 Å². The second-order valence-corrected chi connectivity index (χ2v) is 5.14. The topological polar surface area (TPSA) is 81.3 Å². The average molecular weight is 316 g/mol. The predicted octanol–water partition coefficient (Wildman–Crippen LogP) is 3.03. The van der Waals surface area contributed by atoms with Crippen LogP contribution in [0.2, 0.25) is 5.28 Å². The van der Waals surface area contributed by atoms with Crippen LogP contribution in [0.1, 0.15) is 5.56 Å². The second kappa shape index (κ2) is 5.79. The van der Waals surface area contributed by atoms with E-state index in [-0.39, 0.29) is 11.9 Å². The summed E-state index contributed by atoms with van der Waals surface area (Å²) in [6, 6.07) is 10.9. The molecule has 0 fully saturated rings. The summed E-state index contributed by atoms with van der Waals surface area (Å²) in [6.07, 6.45) is 0. The van der Waals surface area contributed by atoms with E-state index in [1.165, 1.54) is 0 Å². The summed E-state index contributed by atoms with van der Waals surface area (Å²) in [4.78, 5) is 8.55. The molecule has 0 spiro atoms. The number of methoxy groups -OCH3 is 1. The zero-order valence-electron chi connectivity index (χ0n) is 11.9. The monoisotopic (exact) mass is 315 g/mol. The van der Waals surface area contributed by atoms with E-state index in [4.69, 9.17) is 22.1 Å². The first-order valence-corrected chi connectivity index (χ1v) is 7.01. The molecule has 112 valence electrons. The van der Waals surface area contributed by atoms with Gasteiger partial charge < -0.3 is 15.6 Å². The average Bonchev–Trinajstić information content (AvgIpc) is 2.52. The Labute approximate surface area is 132 Å². The zero-order chi connectivity index (χ0) is 15.7. The van der Waals surface area contributed by atoms with Gasteiger partial charge in [-0.25, -0.2) is 9.97 Å². The van der Waals surface area contributed by atoms with Gasteiger partial charge in [0.15, 0.2) is 0 Å². The fraction of sp³-hybridized carbons (Fsp3) is 0.125. The molecule has 2 aromatic carbocycles. The van der Waals surface area contributed by atoms with Crippen LogP contribution in [0.5, 0.6) is 5.75 Å². The van der Waals surface area contributed by atoms with E-state index in [2.05, 4.69) is 9.97 Å². The normalized spacial score (nSPS) is 10.9. The third-order valence-electron chi connectivity index (χ3n) is 3.40. The molecular formula is C16H14ClN3O2. The lowest BCUT2D eigenvalue weighted by molar-refractivity contribution is 0.274. The maximum absolute atomic E-state index is 9.50. The first-order valence-electron chi connectivity index (χ1n) is 6.63. The highest BCUT2D eigenvalue weighted by molar-refractivity contribution is 6.28. The SMILES string of the molecule is COc1cc2nc(Cl)nc(-c3cccc(N)c3)c2cc1CO. The molecule has 1 aromatic heterocycles. The molecule has 0 amide bonds. The fourth-order valence-corrected chi connectivity index (χ4v) is 2.57. The summed E-state index contributed by atoms with van der Waals surface area (Å²) in [6.45, 7) is -0.141. The Morgan fingerprint density at radius 2 is 2.05 bits per heavy atom. The van der Waals surface area contributed by atoms with Gasteiger partial charge in [0.2, 0.25) is 5.28 Å². The van der Waals surface area contributed by atoms with E-state index in [0.29, 0.717) is 28.2 Å². The van der Waals surface area contributed by atoms with Crippen molar-refractivity contribution in [1.29, 1.82) is 0 Å². The number of hydrogen-bond acceptors (Lipinski definition) is 5. The van der Waals surface area contributed by atoms with E-state index in [9.17, 15) is 5.11 Å². The largest absolute Gasteiger partial charge is 0.496 e. The molecule has 0 aliphatic carbocycles. The van der Waals surface area contributed by atoms with Gasteiger partial charge in [0.1, 0.15) is 5.75 Å². The zero-order valence-corrected chi connectivity index (χ0v) is 12.6. The molecule has 22 heavy (non-hydrogen) atoms. The molecule has 0 radical (unpaired) electrons. The van der Waals surface area contributed by atoms with E-state index in [0.717, 1.165) is 10.9 Å². The number of aromatic nitrogens is 2. The van der Waals surface area contributed by atoms with Crippen LogP contribution < -0.4 is 10.5 Å². The second-order valence-electron chi connectivity index (χ2n) is 4.81. The van der Waals surface area contributed by atoms with E-state index >= 15 is 0 Å². The number of halogens is 1. The smallest absolute Gasteiger partial charge is 0.223 e. The first-order chi connectivity index (χ1) is 10.6. The molecule has 0 saturated heterocycles. The van der Waals surface area contributed by atoms with Crippen molar-refractivity contribution < 1.29 is 9.84 Å². The minimum atomic E-state index is -0.141. The minimum Gasteiger partial charge on any atom is -0.496 e. The summed E-state index contributed by atoms with van der Waals surface area (Å²) < 4.78 is 5.27. The van der Waals surface area contributed by atoms with Gasteiger partial charge in [0.05, 0.1) is 24.9 Å². The molecule has 3 aromatic rings. The van der Waals surface area contributed by atoms with Gasteiger partial charge in [-0.05, 0) is 29.8 Å². The van der Waals surface area contributed by atoms with Crippen LogP contribution >= 0.6 is 11.6 Å². The summed E-state index contributed by atoms with van der Waals surface area (Å²) in [7, 11) is 1.54. The fourth-order valence-electron chi connectivity index (χ4n) is 2.39. The number of benzene rings is 2. The van der Waals surface area contributed by atoms with Gasteiger partial charge in [-0.3, -0.25) is 0 Å². The van der Waals surface area contributed by atoms with Gasteiger partial charge in [0.25, 0.3) is 0 Å². The van der Waals surface area contributed by atoms with Gasteiger partial charge in [0, 0.05) is 28.3 Å². The van der Waals surface area contributed by atoms with E-state index < -0.39 is 0 Å². The van der Waals surface area contributed by atoms with E-state index in [1.807, 2.05) is 24.3 Å². The van der Waals surface area contributed by atoms with Crippen molar-refractivity contribution in [1.82, 2.24) is 9.97 Å². The lowest BCUT2D eigenvalue weighted by Crippen LogP contribution is -1.97. The van der Waals surface area contributed by atoms with Gasteiger partial charge >= 0.3 is 0 Å². The summed E-state index contributed by atoms with van der Waals surface area (Å²) >= 11 is 6.04. The van der Waals surface area contributed by atoms with Gasteiger partial charge in [-0.15, -0.1) is 0 Å². The van der Waals surface area contributed by atoms with Crippen LogP contribution in [0, 0.1) is 0 Å². The molecule has 0 unspecified atom stereocenters. The Morgan fingerprint density at radius 3 is 2.73 bits per heavy atom. The highest BCUT2D eigenvalue weighted by atomic mass is 35.5. The van der Waals surface area contributed by atoms with Crippen molar-refractivity contribution in [3.63, 3.8) is 0 Å². The summed E-state index contributed by atoms with van der Waals surface area (Å²) in [5.41, 5.74) is 9.28. The molecule has 0 saturated carbocycles. The Hall–Kier alpha value is -2.37. The van der Waals surface area contributed by atoms with Crippen molar-refractivity contribution in [2.75, 3.05) is 12.8 Å². The Balaban J connectivity index is 2.34. The van der Waals surface area contributed by atoms with Crippen molar-refractivity contribution in [2.24, 2.45) is 0 Å². The number of aliphatic hydroxyl groups is 1. The molecule has 0 atom stereocenters. The maximum Gasteiger partial charge on any atom is 0.223 e. The number of nitrogens with zero attached hydrogens (tertiary/aromatic N) is 2. The number of ether oxygens (including phenoxy) is 1. The molecule has 5 nitrogen and oxygen atoms in total. The highest BCUT2D eigenvalue weighted by Crippen LogP contribution is 2.32. The molecular weight excluding hydrogens is 302 g/mol. The summed E-state index contributed by atoms with van der Waals surface area (Å²) in [5.74, 6) is 0.559. The quantitative estimate of drug-likeness (QED) is 0.573. The maximum atomic E-state index is 9.50. The van der Waals surface area contributed by atoms with Crippen molar-refractivity contribution >= 4 is 28.2 Å². The number of hydrogen-bond donors (Lipinski definition) is 2. The Morgan fingerprint density at radius 1 is 1.23 bits per heavy atom. The lowest BCUT2D eigenvalue weighted by atomic mass is 10.0. The number of nitrogens with two attached hydrogens (primary N) is 1. The van der Waals surface area contributed by atoms with Gasteiger partial charge in [-0.2, -0.15) is 0 Å². The number of anilines is 1. The van der Waals surface area contributed by atoms with Crippen molar-refractivity contribution in [2.45, 2.75) is 6.61 Å². The number of nitrogen functional groups attached to an aromatic ring is 1. The predicted molar refractivity (Wildman–Crippen MR) is 86.9 cm³/mol. The minimum absolute atomic E-state index is 0.141. The number of rotatable bonds is 3. The van der Waals surface area contributed by atoms with Gasteiger partial charge in [-0.1, -0.05) is 12.1 Å². The molecule has 0 bridgehead atoms. The summed E-state index contributed by atoms with van der Waals surface area (Å²) in [5, 5.41) is 10.4. The molecule has 0 aliphatic rings. The van der Waals surface area contributed by atoms with Crippen LogP contribution in [-0.4, -0.2) is 22.2 Å². The molecule has 3 rings (SSSR count). The highest BCUT2D eigenvalue weighted by Gasteiger charge is 2.13. The van der Waals surface area contributed by atoms with Crippen LogP contribution in [-0.2, 0) is 6.61 Å². The molecule has 0 aliphatic heterocycles. The molecule has 6 heteroatoms. The van der Waals surface area contributed by atoms with E-state index in [1.54, 1.807) is 19.2 Å².